The molecule has 11 heteroatoms. The van der Waals surface area contributed by atoms with Gasteiger partial charge in [0.1, 0.15) is 5.69 Å². The van der Waals surface area contributed by atoms with Crippen LogP contribution in [0.3, 0.4) is 0 Å². The number of anilines is 1. The van der Waals surface area contributed by atoms with Crippen molar-refractivity contribution in [2.75, 3.05) is 5.32 Å². The van der Waals surface area contributed by atoms with Crippen molar-refractivity contribution in [3.8, 4) is 11.4 Å². The van der Waals surface area contributed by atoms with E-state index in [0.717, 1.165) is 5.69 Å². The maximum Gasteiger partial charge on any atom is 1.00 e. The van der Waals surface area contributed by atoms with Crippen molar-refractivity contribution in [2.24, 2.45) is 7.05 Å². The number of carbonyl (C=O) groups excluding carboxylic acids is 2. The SMILES string of the molecule is Cc1cn(C)c(=O)c(NC(=O)NC(CC(=O)[O-])c2cccc(-n3cccc3)c2)c1[O-].[Na+].[Na+]. The zero-order valence-electron chi connectivity index (χ0n) is 18.4. The van der Waals surface area contributed by atoms with E-state index in [2.05, 4.69) is 10.6 Å². The van der Waals surface area contributed by atoms with E-state index in [1.165, 1.54) is 24.7 Å². The molecule has 1 atom stereocenters. The van der Waals surface area contributed by atoms with E-state index in [4.69, 9.17) is 0 Å². The second kappa shape index (κ2) is 12.3. The number of nitrogens with one attached hydrogen (secondary N) is 2. The molecule has 1 aromatic carbocycles. The fraction of sp³-hybridized carbons (Fsp3) is 0.190. The van der Waals surface area contributed by atoms with Gasteiger partial charge in [-0.3, -0.25) is 4.79 Å². The van der Waals surface area contributed by atoms with Gasteiger partial charge < -0.3 is 34.8 Å². The molecule has 32 heavy (non-hydrogen) atoms. The molecule has 2 N–H and O–H groups in total. The molecule has 2 amide bonds. The average molecular weight is 454 g/mol. The summed E-state index contributed by atoms with van der Waals surface area (Å²) in [6.45, 7) is 1.52. The molecule has 2 heterocycles. The predicted octanol–water partition coefficient (Wildman–Crippen LogP) is -5.43. The molecule has 0 fully saturated rings. The topological polar surface area (TPSA) is 131 Å². The minimum absolute atomic E-state index is 0. The van der Waals surface area contributed by atoms with Gasteiger partial charge in [0.25, 0.3) is 5.56 Å². The van der Waals surface area contributed by atoms with Gasteiger partial charge in [-0.15, -0.1) is 0 Å². The van der Waals surface area contributed by atoms with Crippen LogP contribution in [-0.4, -0.2) is 21.1 Å². The molecule has 156 valence electrons. The standard InChI is InChI=1S/C21H22N4O5.2Na/c1-13-12-24(2)20(29)18(19(13)28)23-21(30)22-16(11-17(26)27)14-6-5-7-15(10-14)25-8-3-4-9-25;;/h3-10,12,16,28H,11H2,1-2H3,(H,26,27)(H2,22,23,30);;/q;2*+1/p-2. The summed E-state index contributed by atoms with van der Waals surface area (Å²) < 4.78 is 3.02. The summed E-state index contributed by atoms with van der Waals surface area (Å²) in [6, 6.07) is 8.87. The van der Waals surface area contributed by atoms with Gasteiger partial charge in [-0.1, -0.05) is 17.9 Å². The summed E-state index contributed by atoms with van der Waals surface area (Å²) >= 11 is 0. The Morgan fingerprint density at radius 3 is 2.41 bits per heavy atom. The van der Waals surface area contributed by atoms with Crippen molar-refractivity contribution in [3.63, 3.8) is 0 Å². The molecule has 0 radical (unpaired) electrons. The molecule has 0 spiro atoms. The molecule has 2 aromatic heterocycles. The van der Waals surface area contributed by atoms with E-state index < -0.39 is 41.5 Å². The summed E-state index contributed by atoms with van der Waals surface area (Å²) in [5, 5.41) is 28.2. The van der Waals surface area contributed by atoms with Gasteiger partial charge in [0.15, 0.2) is 0 Å². The Balaban J connectivity index is 0.00000256. The molecule has 0 aliphatic heterocycles. The van der Waals surface area contributed by atoms with Crippen LogP contribution in [0.4, 0.5) is 10.5 Å². The second-order valence-corrected chi connectivity index (χ2v) is 6.84. The molecule has 0 aliphatic carbocycles. The number of hydrogen-bond donors (Lipinski definition) is 2. The van der Waals surface area contributed by atoms with Crippen LogP contribution in [0.15, 0.2) is 59.8 Å². The van der Waals surface area contributed by atoms with Crippen LogP contribution in [-0.2, 0) is 11.8 Å². The van der Waals surface area contributed by atoms with E-state index in [0.29, 0.717) is 5.56 Å². The van der Waals surface area contributed by atoms with Gasteiger partial charge >= 0.3 is 65.1 Å². The third-order valence-electron chi connectivity index (χ3n) is 4.60. The molecule has 1 unspecified atom stereocenters. The largest absolute Gasteiger partial charge is 1.00 e. The van der Waals surface area contributed by atoms with Gasteiger partial charge in [0, 0.05) is 43.7 Å². The summed E-state index contributed by atoms with van der Waals surface area (Å²) in [5.41, 5.74) is 0.533. The zero-order valence-corrected chi connectivity index (χ0v) is 22.4. The van der Waals surface area contributed by atoms with Crippen molar-refractivity contribution < 1.29 is 78.9 Å². The number of aryl methyl sites for hydroxylation is 2. The summed E-state index contributed by atoms with van der Waals surface area (Å²) in [5.74, 6) is -1.96. The Morgan fingerprint density at radius 2 is 1.78 bits per heavy atom. The van der Waals surface area contributed by atoms with Gasteiger partial charge in [0.2, 0.25) is 0 Å². The molecule has 3 aromatic rings. The average Bonchev–Trinajstić information content (AvgIpc) is 3.24. The molecular weight excluding hydrogens is 434 g/mol. The Kier molecular flexibility index (Phi) is 10.8. The number of urea groups is 1. The van der Waals surface area contributed by atoms with Crippen molar-refractivity contribution in [3.05, 3.63) is 76.5 Å². The third-order valence-corrected chi connectivity index (χ3v) is 4.60. The Bertz CT molecular complexity index is 1150. The number of aliphatic carboxylic acids is 1. The van der Waals surface area contributed by atoms with Crippen LogP contribution >= 0.6 is 0 Å². The first-order valence-electron chi connectivity index (χ1n) is 9.14. The first-order chi connectivity index (χ1) is 14.3. The third kappa shape index (κ3) is 6.74. The first-order valence-corrected chi connectivity index (χ1v) is 9.14. The number of carboxylic acid groups (broad SMARTS) is 1. The Hall–Kier alpha value is -2.01. The molecule has 0 aliphatic rings. The first kappa shape index (κ1) is 28.0. The molecule has 0 saturated heterocycles. The minimum Gasteiger partial charge on any atom is -0.871 e. The van der Waals surface area contributed by atoms with Crippen LogP contribution in [0.25, 0.3) is 5.69 Å². The van der Waals surface area contributed by atoms with E-state index in [1.807, 2.05) is 35.2 Å². The number of benzene rings is 1. The Morgan fingerprint density at radius 1 is 1.12 bits per heavy atom. The molecule has 9 nitrogen and oxygen atoms in total. The maximum absolute atomic E-state index is 12.5. The Labute approximate surface area is 229 Å². The van der Waals surface area contributed by atoms with Crippen molar-refractivity contribution >= 4 is 17.7 Å². The van der Waals surface area contributed by atoms with Crippen molar-refractivity contribution in [1.82, 2.24) is 14.5 Å². The monoisotopic (exact) mass is 454 g/mol. The van der Waals surface area contributed by atoms with E-state index in [1.54, 1.807) is 18.2 Å². The second-order valence-electron chi connectivity index (χ2n) is 6.84. The number of carbonyl (C=O) groups is 2. The van der Waals surface area contributed by atoms with Crippen LogP contribution in [0.1, 0.15) is 23.6 Å². The molecule has 3 rings (SSSR count). The summed E-state index contributed by atoms with van der Waals surface area (Å²) in [6.07, 6.45) is 4.55. The quantitative estimate of drug-likeness (QED) is 0.359. The zero-order chi connectivity index (χ0) is 21.8. The van der Waals surface area contributed by atoms with Crippen LogP contribution in [0.5, 0.6) is 5.75 Å². The number of amides is 2. The number of rotatable bonds is 6. The van der Waals surface area contributed by atoms with Crippen LogP contribution in [0, 0.1) is 6.92 Å². The van der Waals surface area contributed by atoms with Gasteiger partial charge in [-0.05, 0) is 42.3 Å². The van der Waals surface area contributed by atoms with Crippen LogP contribution < -0.4 is 85.5 Å². The summed E-state index contributed by atoms with van der Waals surface area (Å²) in [7, 11) is 1.46. The normalized spacial score (nSPS) is 10.9. The van der Waals surface area contributed by atoms with E-state index in [9.17, 15) is 24.6 Å². The molecule has 0 saturated carbocycles. The fourth-order valence-corrected chi connectivity index (χ4v) is 3.12. The fourth-order valence-electron chi connectivity index (χ4n) is 3.12. The molecule has 0 bridgehead atoms. The van der Waals surface area contributed by atoms with Gasteiger partial charge in [0.05, 0.1) is 6.04 Å². The van der Waals surface area contributed by atoms with Crippen molar-refractivity contribution in [1.29, 1.82) is 0 Å². The minimum atomic E-state index is -1.36. The number of pyridine rings is 1. The predicted molar refractivity (Wildman–Crippen MR) is 106 cm³/mol. The van der Waals surface area contributed by atoms with Gasteiger partial charge in [-0.2, -0.15) is 0 Å². The number of nitrogens with zero attached hydrogens (tertiary/aromatic N) is 2. The number of carboxylic acids is 1. The van der Waals surface area contributed by atoms with Gasteiger partial charge in [-0.25, -0.2) is 4.79 Å². The maximum atomic E-state index is 12.5. The number of aromatic nitrogens is 2. The van der Waals surface area contributed by atoms with Crippen LogP contribution in [0.2, 0.25) is 0 Å². The number of hydrogen-bond acceptors (Lipinski definition) is 5. The van der Waals surface area contributed by atoms with E-state index >= 15 is 0 Å². The summed E-state index contributed by atoms with van der Waals surface area (Å²) in [4.78, 5) is 35.9. The van der Waals surface area contributed by atoms with Crippen molar-refractivity contribution in [2.45, 2.75) is 19.4 Å². The van der Waals surface area contributed by atoms with E-state index in [-0.39, 0.29) is 64.7 Å². The molecular formula is C21H20N4Na2O5. The smallest absolute Gasteiger partial charge is 0.871 e.